The molecule has 0 aliphatic carbocycles. The minimum atomic E-state index is 0.435. The normalized spacial score (nSPS) is 12.6. The minimum Gasteiger partial charge on any atom is -0.310 e. The predicted octanol–water partition coefficient (Wildman–Crippen LogP) is 4.05. The third-order valence-electron chi connectivity index (χ3n) is 2.96. The Hall–Kier alpha value is -1.19. The fourth-order valence-electron chi connectivity index (χ4n) is 1.96. The zero-order chi connectivity index (χ0) is 13.0. The van der Waals surface area contributed by atoms with E-state index in [0.717, 1.165) is 28.3 Å². The van der Waals surface area contributed by atoms with Gasteiger partial charge in [-0.15, -0.1) is 6.58 Å². The van der Waals surface area contributed by atoms with Crippen molar-refractivity contribution >= 4 is 26.8 Å². The second kappa shape index (κ2) is 6.12. The van der Waals surface area contributed by atoms with E-state index < -0.39 is 0 Å². The highest BCUT2D eigenvalue weighted by Gasteiger charge is 2.06. The lowest BCUT2D eigenvalue weighted by Gasteiger charge is -2.13. The van der Waals surface area contributed by atoms with Crippen molar-refractivity contribution in [3.63, 3.8) is 0 Å². The van der Waals surface area contributed by atoms with Crippen LogP contribution in [0.25, 0.3) is 10.9 Å². The molecule has 0 aliphatic heterocycles. The van der Waals surface area contributed by atoms with Crippen LogP contribution in [-0.4, -0.2) is 11.0 Å². The Balaban J connectivity index is 2.23. The molecule has 1 heterocycles. The SMILES string of the molecule is C=CCC(C)NCc1ccc(Br)c2cccnc12. The molecule has 3 heteroatoms. The first-order valence-corrected chi connectivity index (χ1v) is 6.88. The third kappa shape index (κ3) is 2.98. The summed E-state index contributed by atoms with van der Waals surface area (Å²) in [6, 6.07) is 8.69. The first-order valence-electron chi connectivity index (χ1n) is 6.08. The highest BCUT2D eigenvalue weighted by molar-refractivity contribution is 9.10. The zero-order valence-corrected chi connectivity index (χ0v) is 12.1. The minimum absolute atomic E-state index is 0.435. The largest absolute Gasteiger partial charge is 0.310 e. The van der Waals surface area contributed by atoms with Crippen molar-refractivity contribution < 1.29 is 0 Å². The van der Waals surface area contributed by atoms with Gasteiger partial charge in [0.2, 0.25) is 0 Å². The fraction of sp³-hybridized carbons (Fsp3) is 0.267. The van der Waals surface area contributed by atoms with Crippen molar-refractivity contribution in [2.45, 2.75) is 25.9 Å². The number of pyridine rings is 1. The van der Waals surface area contributed by atoms with Crippen LogP contribution in [0.15, 0.2) is 47.6 Å². The first kappa shape index (κ1) is 13.2. The van der Waals surface area contributed by atoms with Gasteiger partial charge in [-0.3, -0.25) is 4.98 Å². The van der Waals surface area contributed by atoms with E-state index >= 15 is 0 Å². The lowest BCUT2D eigenvalue weighted by atomic mass is 10.1. The van der Waals surface area contributed by atoms with E-state index in [1.165, 1.54) is 5.56 Å². The van der Waals surface area contributed by atoms with Crippen molar-refractivity contribution in [2.24, 2.45) is 0 Å². The lowest BCUT2D eigenvalue weighted by molar-refractivity contribution is 0.555. The van der Waals surface area contributed by atoms with Crippen LogP contribution in [0.5, 0.6) is 0 Å². The van der Waals surface area contributed by atoms with Crippen LogP contribution in [0.1, 0.15) is 18.9 Å². The van der Waals surface area contributed by atoms with Crippen LogP contribution in [-0.2, 0) is 6.54 Å². The second-order valence-electron chi connectivity index (χ2n) is 4.41. The molecule has 0 bridgehead atoms. The Morgan fingerprint density at radius 3 is 3.06 bits per heavy atom. The molecule has 2 rings (SSSR count). The van der Waals surface area contributed by atoms with Crippen molar-refractivity contribution in [1.82, 2.24) is 10.3 Å². The molecule has 0 saturated heterocycles. The molecular weight excluding hydrogens is 288 g/mol. The van der Waals surface area contributed by atoms with Crippen LogP contribution < -0.4 is 5.32 Å². The molecule has 18 heavy (non-hydrogen) atoms. The van der Waals surface area contributed by atoms with Crippen LogP contribution in [0.2, 0.25) is 0 Å². The van der Waals surface area contributed by atoms with E-state index in [1.807, 2.05) is 18.3 Å². The maximum absolute atomic E-state index is 4.48. The van der Waals surface area contributed by atoms with Gasteiger partial charge in [-0.05, 0) is 31.0 Å². The third-order valence-corrected chi connectivity index (χ3v) is 3.65. The molecule has 94 valence electrons. The molecule has 0 saturated carbocycles. The molecule has 1 aromatic carbocycles. The van der Waals surface area contributed by atoms with E-state index in [4.69, 9.17) is 0 Å². The molecule has 0 fully saturated rings. The summed E-state index contributed by atoms with van der Waals surface area (Å²) in [6.07, 6.45) is 4.75. The highest BCUT2D eigenvalue weighted by Crippen LogP contribution is 2.25. The zero-order valence-electron chi connectivity index (χ0n) is 10.5. The van der Waals surface area contributed by atoms with Crippen LogP contribution in [0, 0.1) is 0 Å². The number of benzene rings is 1. The number of hydrogen-bond donors (Lipinski definition) is 1. The Kier molecular flexibility index (Phi) is 4.50. The smallest absolute Gasteiger partial charge is 0.0758 e. The Labute approximate surface area is 116 Å². The fourth-order valence-corrected chi connectivity index (χ4v) is 2.41. The maximum Gasteiger partial charge on any atom is 0.0758 e. The van der Waals surface area contributed by atoms with E-state index in [0.29, 0.717) is 6.04 Å². The van der Waals surface area contributed by atoms with Gasteiger partial charge in [0.05, 0.1) is 5.52 Å². The quantitative estimate of drug-likeness (QED) is 0.843. The molecule has 0 radical (unpaired) electrons. The number of nitrogens with one attached hydrogen (secondary N) is 1. The van der Waals surface area contributed by atoms with Crippen LogP contribution >= 0.6 is 15.9 Å². The molecule has 2 aromatic rings. The van der Waals surface area contributed by atoms with E-state index in [9.17, 15) is 0 Å². The number of halogens is 1. The summed E-state index contributed by atoms with van der Waals surface area (Å²) in [5.41, 5.74) is 2.29. The van der Waals surface area contributed by atoms with Gasteiger partial charge in [0.15, 0.2) is 0 Å². The molecule has 0 spiro atoms. The summed E-state index contributed by atoms with van der Waals surface area (Å²) in [7, 11) is 0. The molecule has 0 aliphatic rings. The molecule has 1 N–H and O–H groups in total. The molecular formula is C15H17BrN2. The van der Waals surface area contributed by atoms with E-state index in [-0.39, 0.29) is 0 Å². The van der Waals surface area contributed by atoms with Crippen molar-refractivity contribution in [3.8, 4) is 0 Å². The maximum atomic E-state index is 4.48. The van der Waals surface area contributed by atoms with Crippen molar-refractivity contribution in [2.75, 3.05) is 0 Å². The van der Waals surface area contributed by atoms with Gasteiger partial charge < -0.3 is 5.32 Å². The van der Waals surface area contributed by atoms with Gasteiger partial charge in [-0.1, -0.05) is 34.1 Å². The first-order chi connectivity index (χ1) is 8.72. The Morgan fingerprint density at radius 2 is 2.28 bits per heavy atom. The van der Waals surface area contributed by atoms with Gasteiger partial charge in [0.25, 0.3) is 0 Å². The molecule has 2 nitrogen and oxygen atoms in total. The average molecular weight is 305 g/mol. The van der Waals surface area contributed by atoms with Gasteiger partial charge in [0.1, 0.15) is 0 Å². The molecule has 1 unspecified atom stereocenters. The average Bonchev–Trinajstić information content (AvgIpc) is 2.39. The van der Waals surface area contributed by atoms with Crippen molar-refractivity contribution in [1.29, 1.82) is 0 Å². The topological polar surface area (TPSA) is 24.9 Å². The molecule has 1 aromatic heterocycles. The summed E-state index contributed by atoms with van der Waals surface area (Å²) in [5, 5.41) is 4.65. The molecule has 1 atom stereocenters. The second-order valence-corrected chi connectivity index (χ2v) is 5.27. The Bertz CT molecular complexity index is 551. The lowest BCUT2D eigenvalue weighted by Crippen LogP contribution is -2.24. The van der Waals surface area contributed by atoms with Crippen molar-refractivity contribution in [3.05, 3.63) is 53.2 Å². The number of rotatable bonds is 5. The summed E-state index contributed by atoms with van der Waals surface area (Å²) in [5.74, 6) is 0. The monoisotopic (exact) mass is 304 g/mol. The standard InChI is InChI=1S/C15H17BrN2/c1-3-5-11(2)18-10-12-7-8-14(16)13-6-4-9-17-15(12)13/h3-4,6-9,11,18H,1,5,10H2,2H3. The summed E-state index contributed by atoms with van der Waals surface area (Å²) in [4.78, 5) is 4.48. The summed E-state index contributed by atoms with van der Waals surface area (Å²) < 4.78 is 1.09. The summed E-state index contributed by atoms with van der Waals surface area (Å²) in [6.45, 7) is 6.75. The highest BCUT2D eigenvalue weighted by atomic mass is 79.9. The van der Waals surface area contributed by atoms with Crippen LogP contribution in [0.4, 0.5) is 0 Å². The van der Waals surface area contributed by atoms with Gasteiger partial charge in [0, 0.05) is 28.6 Å². The Morgan fingerprint density at radius 1 is 1.44 bits per heavy atom. The number of nitrogens with zero attached hydrogens (tertiary/aromatic N) is 1. The summed E-state index contributed by atoms with van der Waals surface area (Å²) >= 11 is 3.56. The van der Waals surface area contributed by atoms with Gasteiger partial charge >= 0.3 is 0 Å². The number of aromatic nitrogens is 1. The molecule has 0 amide bonds. The van der Waals surface area contributed by atoms with E-state index in [1.54, 1.807) is 0 Å². The van der Waals surface area contributed by atoms with Crippen LogP contribution in [0.3, 0.4) is 0 Å². The number of fused-ring (bicyclic) bond motifs is 1. The predicted molar refractivity (Wildman–Crippen MR) is 80.6 cm³/mol. The van der Waals surface area contributed by atoms with Gasteiger partial charge in [-0.25, -0.2) is 0 Å². The van der Waals surface area contributed by atoms with Gasteiger partial charge in [-0.2, -0.15) is 0 Å². The van der Waals surface area contributed by atoms with E-state index in [2.05, 4.69) is 57.9 Å². The number of hydrogen-bond acceptors (Lipinski definition) is 2.